The second kappa shape index (κ2) is 10.3. The molecule has 0 saturated heterocycles. The molecule has 0 spiro atoms. The van der Waals surface area contributed by atoms with Crippen molar-refractivity contribution in [1.29, 1.82) is 0 Å². The first-order valence-corrected chi connectivity index (χ1v) is 9.14. The largest absolute Gasteiger partial charge is 0.490 e. The molecule has 0 aromatic heterocycles. The summed E-state index contributed by atoms with van der Waals surface area (Å²) in [4.78, 5) is 11.8. The Labute approximate surface area is 153 Å². The first-order chi connectivity index (χ1) is 12.5. The molecule has 1 saturated carbocycles. The second-order valence-corrected chi connectivity index (χ2v) is 6.27. The lowest BCUT2D eigenvalue weighted by atomic mass is 9.86. The van der Waals surface area contributed by atoms with Gasteiger partial charge in [-0.15, -0.1) is 0 Å². The van der Waals surface area contributed by atoms with E-state index in [1.807, 2.05) is 6.92 Å². The minimum Gasteiger partial charge on any atom is -0.490 e. The number of nitrogens with one attached hydrogen (secondary N) is 1. The number of carbonyl (C=O) groups is 1. The first kappa shape index (κ1) is 20.4. The number of esters is 1. The van der Waals surface area contributed by atoms with Crippen molar-refractivity contribution < 1.29 is 27.8 Å². The monoisotopic (exact) mass is 371 g/mol. The number of benzene rings is 1. The van der Waals surface area contributed by atoms with Crippen LogP contribution in [0.5, 0.6) is 11.5 Å². The van der Waals surface area contributed by atoms with Crippen LogP contribution in [0.2, 0.25) is 0 Å². The van der Waals surface area contributed by atoms with Gasteiger partial charge in [0.05, 0.1) is 19.1 Å². The van der Waals surface area contributed by atoms with Crippen LogP contribution in [0.3, 0.4) is 0 Å². The number of carbonyl (C=O) groups excluding carboxylic acids is 1. The molecule has 1 aromatic carbocycles. The van der Waals surface area contributed by atoms with Gasteiger partial charge in [-0.05, 0) is 57.2 Å². The maximum Gasteiger partial charge on any atom is 0.387 e. The number of rotatable bonds is 9. The normalized spacial score (nSPS) is 20.0. The topological polar surface area (TPSA) is 56.8 Å². The zero-order valence-corrected chi connectivity index (χ0v) is 15.3. The number of ether oxygens (including phenoxy) is 3. The van der Waals surface area contributed by atoms with Crippen LogP contribution in [0.1, 0.15) is 45.1 Å². The zero-order valence-electron chi connectivity index (χ0n) is 15.3. The Bertz CT molecular complexity index is 575. The molecule has 1 aromatic rings. The van der Waals surface area contributed by atoms with Crippen molar-refractivity contribution in [2.24, 2.45) is 5.92 Å². The smallest absolute Gasteiger partial charge is 0.387 e. The summed E-state index contributed by atoms with van der Waals surface area (Å²) < 4.78 is 39.8. The minimum absolute atomic E-state index is 0.00309. The van der Waals surface area contributed by atoms with Crippen molar-refractivity contribution in [3.63, 3.8) is 0 Å². The highest BCUT2D eigenvalue weighted by molar-refractivity contribution is 5.72. The third-order valence-electron chi connectivity index (χ3n) is 4.47. The molecule has 1 aliphatic rings. The van der Waals surface area contributed by atoms with E-state index in [-0.39, 0.29) is 17.6 Å². The fourth-order valence-electron chi connectivity index (χ4n) is 3.18. The van der Waals surface area contributed by atoms with Gasteiger partial charge in [0.1, 0.15) is 0 Å². The van der Waals surface area contributed by atoms with Gasteiger partial charge < -0.3 is 19.5 Å². The molecule has 0 heterocycles. The molecule has 0 radical (unpaired) electrons. The molecule has 7 heteroatoms. The average Bonchev–Trinajstić information content (AvgIpc) is 2.62. The summed E-state index contributed by atoms with van der Waals surface area (Å²) in [5, 5.41) is 3.46. The Morgan fingerprint density at radius 3 is 2.50 bits per heavy atom. The van der Waals surface area contributed by atoms with Crippen LogP contribution in [0.15, 0.2) is 18.2 Å². The van der Waals surface area contributed by atoms with Gasteiger partial charge in [0, 0.05) is 12.6 Å². The van der Waals surface area contributed by atoms with Crippen molar-refractivity contribution >= 4 is 5.97 Å². The van der Waals surface area contributed by atoms with Crippen LogP contribution in [0, 0.1) is 5.92 Å². The Morgan fingerprint density at radius 1 is 1.15 bits per heavy atom. The summed E-state index contributed by atoms with van der Waals surface area (Å²) in [6, 6.07) is 5.30. The summed E-state index contributed by atoms with van der Waals surface area (Å²) in [6.45, 7) is 2.12. The van der Waals surface area contributed by atoms with E-state index in [0.717, 1.165) is 31.2 Å². The Balaban J connectivity index is 1.86. The lowest BCUT2D eigenvalue weighted by molar-refractivity contribution is -0.149. The Morgan fingerprint density at radius 2 is 1.88 bits per heavy atom. The zero-order chi connectivity index (χ0) is 18.9. The van der Waals surface area contributed by atoms with Crippen LogP contribution in [0.25, 0.3) is 0 Å². The van der Waals surface area contributed by atoms with Crippen LogP contribution < -0.4 is 14.8 Å². The van der Waals surface area contributed by atoms with E-state index in [2.05, 4.69) is 10.1 Å². The first-order valence-electron chi connectivity index (χ1n) is 9.14. The summed E-state index contributed by atoms with van der Waals surface area (Å²) in [5.74, 6) is 0.268. The highest BCUT2D eigenvalue weighted by Gasteiger charge is 2.26. The number of hydrogen-bond donors (Lipinski definition) is 1. The van der Waals surface area contributed by atoms with Crippen LogP contribution in [-0.4, -0.2) is 31.8 Å². The standard InChI is InChI=1S/C19H27F2NO4/c1-3-24-17-11-13(5-10-16(17)26-19(20)21)12-22-15-8-6-14(7-9-15)18(23)25-4-2/h5,10-11,14-15,19,22H,3-4,6-9,12H2,1-2H3. The highest BCUT2D eigenvalue weighted by Crippen LogP contribution is 2.30. The maximum absolute atomic E-state index is 12.4. The van der Waals surface area contributed by atoms with E-state index in [1.165, 1.54) is 6.07 Å². The molecule has 146 valence electrons. The van der Waals surface area contributed by atoms with E-state index in [9.17, 15) is 13.6 Å². The van der Waals surface area contributed by atoms with Gasteiger partial charge in [-0.1, -0.05) is 6.07 Å². The van der Waals surface area contributed by atoms with Crippen molar-refractivity contribution in [2.45, 2.75) is 58.7 Å². The van der Waals surface area contributed by atoms with E-state index in [0.29, 0.717) is 31.5 Å². The maximum atomic E-state index is 12.4. The fourth-order valence-corrected chi connectivity index (χ4v) is 3.18. The third-order valence-corrected chi connectivity index (χ3v) is 4.47. The van der Waals surface area contributed by atoms with Crippen LogP contribution in [-0.2, 0) is 16.1 Å². The quantitative estimate of drug-likeness (QED) is 0.667. The van der Waals surface area contributed by atoms with Gasteiger partial charge in [-0.25, -0.2) is 0 Å². The number of alkyl halides is 2. The van der Waals surface area contributed by atoms with Gasteiger partial charge in [-0.2, -0.15) is 8.78 Å². The molecule has 1 aliphatic carbocycles. The van der Waals surface area contributed by atoms with Crippen molar-refractivity contribution in [2.75, 3.05) is 13.2 Å². The predicted molar refractivity (Wildman–Crippen MR) is 93.5 cm³/mol. The molecular formula is C19H27F2NO4. The van der Waals surface area contributed by atoms with Gasteiger partial charge in [-0.3, -0.25) is 4.79 Å². The Kier molecular flexibility index (Phi) is 8.09. The summed E-state index contributed by atoms with van der Waals surface area (Å²) in [7, 11) is 0. The van der Waals surface area contributed by atoms with E-state index < -0.39 is 6.61 Å². The fraction of sp³-hybridized carbons (Fsp3) is 0.632. The van der Waals surface area contributed by atoms with Gasteiger partial charge in [0.15, 0.2) is 11.5 Å². The average molecular weight is 371 g/mol. The number of hydrogen-bond acceptors (Lipinski definition) is 5. The molecule has 0 aliphatic heterocycles. The number of halogens is 2. The molecular weight excluding hydrogens is 344 g/mol. The van der Waals surface area contributed by atoms with Crippen LogP contribution in [0.4, 0.5) is 8.78 Å². The van der Waals surface area contributed by atoms with Crippen molar-refractivity contribution in [3.8, 4) is 11.5 Å². The molecule has 0 bridgehead atoms. The molecule has 2 rings (SSSR count). The molecule has 1 fully saturated rings. The second-order valence-electron chi connectivity index (χ2n) is 6.27. The molecule has 1 N–H and O–H groups in total. The Hall–Kier alpha value is -1.89. The SMILES string of the molecule is CCOC(=O)C1CCC(NCc2ccc(OC(F)F)c(OCC)c2)CC1. The molecule has 0 amide bonds. The lowest BCUT2D eigenvalue weighted by Crippen LogP contribution is -2.35. The van der Waals surface area contributed by atoms with Gasteiger partial charge >= 0.3 is 12.6 Å². The van der Waals surface area contributed by atoms with Crippen molar-refractivity contribution in [3.05, 3.63) is 23.8 Å². The van der Waals surface area contributed by atoms with Gasteiger partial charge in [0.2, 0.25) is 0 Å². The summed E-state index contributed by atoms with van der Waals surface area (Å²) in [6.07, 6.45) is 3.46. The van der Waals surface area contributed by atoms with Crippen molar-refractivity contribution in [1.82, 2.24) is 5.32 Å². The van der Waals surface area contributed by atoms with E-state index in [4.69, 9.17) is 9.47 Å². The summed E-state index contributed by atoms with van der Waals surface area (Å²) in [5.41, 5.74) is 0.933. The lowest BCUT2D eigenvalue weighted by Gasteiger charge is -2.28. The predicted octanol–water partition coefficient (Wildman–Crippen LogP) is 3.90. The van der Waals surface area contributed by atoms with E-state index in [1.54, 1.807) is 19.1 Å². The highest BCUT2D eigenvalue weighted by atomic mass is 19.3. The minimum atomic E-state index is -2.88. The third kappa shape index (κ3) is 6.12. The van der Waals surface area contributed by atoms with Crippen LogP contribution >= 0.6 is 0 Å². The molecule has 0 unspecified atom stereocenters. The van der Waals surface area contributed by atoms with E-state index >= 15 is 0 Å². The summed E-state index contributed by atoms with van der Waals surface area (Å²) >= 11 is 0. The molecule has 5 nitrogen and oxygen atoms in total. The molecule has 0 atom stereocenters. The van der Waals surface area contributed by atoms with Gasteiger partial charge in [0.25, 0.3) is 0 Å². The molecule has 26 heavy (non-hydrogen) atoms.